The Kier molecular flexibility index (Phi) is 5.02. The van der Waals surface area contributed by atoms with Crippen LogP contribution in [0.25, 0.3) is 0 Å². The minimum absolute atomic E-state index is 0.665. The summed E-state index contributed by atoms with van der Waals surface area (Å²) < 4.78 is 10.8. The highest BCUT2D eigenvalue weighted by Crippen LogP contribution is 2.03. The van der Waals surface area contributed by atoms with Crippen molar-refractivity contribution in [3.8, 4) is 6.07 Å². The molecule has 1 aromatic carbocycles. The van der Waals surface area contributed by atoms with Crippen LogP contribution in [0.1, 0.15) is 11.1 Å². The monoisotopic (exact) mass is 222 g/mol. The van der Waals surface area contributed by atoms with Crippen LogP contribution in [0, 0.1) is 11.3 Å². The van der Waals surface area contributed by atoms with E-state index in [1.54, 1.807) is 12.3 Å². The molecule has 0 aliphatic rings. The maximum Gasteiger partial charge on any atom is 0.0991 e. The Morgan fingerprint density at radius 3 is 3.00 bits per heavy atom. The van der Waals surface area contributed by atoms with Gasteiger partial charge in [-0.3, -0.25) is 4.21 Å². The van der Waals surface area contributed by atoms with E-state index in [1.165, 1.54) is 0 Å². The first-order valence-corrected chi connectivity index (χ1v) is 6.45. The maximum absolute atomic E-state index is 10.8. The number of rotatable bonds is 5. The first-order valence-electron chi connectivity index (χ1n) is 4.72. The zero-order chi connectivity index (χ0) is 11.1. The Hall–Kier alpha value is -1.18. The zero-order valence-corrected chi connectivity index (χ0v) is 9.51. The molecular formula is C11H14N2OS. The van der Waals surface area contributed by atoms with Gasteiger partial charge in [-0.1, -0.05) is 12.1 Å². The molecule has 0 amide bonds. The lowest BCUT2D eigenvalue weighted by atomic mass is 10.1. The van der Waals surface area contributed by atoms with Crippen LogP contribution < -0.4 is 5.32 Å². The Bertz CT molecular complexity index is 384. The molecular weight excluding hydrogens is 208 g/mol. The van der Waals surface area contributed by atoms with Gasteiger partial charge in [0.2, 0.25) is 0 Å². The second-order valence-electron chi connectivity index (χ2n) is 3.27. The quantitative estimate of drug-likeness (QED) is 0.757. The molecule has 1 rings (SSSR count). The smallest absolute Gasteiger partial charge is 0.0991 e. The summed E-state index contributed by atoms with van der Waals surface area (Å²) in [4.78, 5) is 0. The fourth-order valence-electron chi connectivity index (χ4n) is 1.20. The van der Waals surface area contributed by atoms with Gasteiger partial charge < -0.3 is 5.32 Å². The molecule has 3 nitrogen and oxygen atoms in total. The van der Waals surface area contributed by atoms with E-state index in [9.17, 15) is 4.21 Å². The molecule has 80 valence electrons. The molecule has 0 saturated carbocycles. The van der Waals surface area contributed by atoms with Gasteiger partial charge in [-0.2, -0.15) is 5.26 Å². The minimum atomic E-state index is -0.744. The SMILES string of the molecule is CS(=O)CCNCc1cccc(C#N)c1. The summed E-state index contributed by atoms with van der Waals surface area (Å²) in [6.45, 7) is 1.45. The molecule has 0 radical (unpaired) electrons. The van der Waals surface area contributed by atoms with Gasteiger partial charge in [0.15, 0.2) is 0 Å². The van der Waals surface area contributed by atoms with Crippen LogP contribution in [0.15, 0.2) is 24.3 Å². The third kappa shape index (κ3) is 4.73. The molecule has 0 aliphatic heterocycles. The predicted molar refractivity (Wildman–Crippen MR) is 61.8 cm³/mol. The van der Waals surface area contributed by atoms with Gasteiger partial charge in [0.1, 0.15) is 0 Å². The average Bonchev–Trinajstić information content (AvgIpc) is 2.24. The summed E-state index contributed by atoms with van der Waals surface area (Å²) in [6, 6.07) is 9.58. The van der Waals surface area contributed by atoms with Crippen LogP contribution >= 0.6 is 0 Å². The number of benzene rings is 1. The highest BCUT2D eigenvalue weighted by Gasteiger charge is 1.95. The second kappa shape index (κ2) is 6.33. The van der Waals surface area contributed by atoms with Crippen molar-refractivity contribution in [3.63, 3.8) is 0 Å². The van der Waals surface area contributed by atoms with Gasteiger partial charge in [-0.25, -0.2) is 0 Å². The lowest BCUT2D eigenvalue weighted by Crippen LogP contribution is -2.19. The standard InChI is InChI=1S/C11H14N2OS/c1-15(14)6-5-13-9-11-4-2-3-10(7-11)8-12/h2-4,7,13H,5-6,9H2,1H3. The van der Waals surface area contributed by atoms with Gasteiger partial charge in [0, 0.05) is 35.9 Å². The zero-order valence-electron chi connectivity index (χ0n) is 8.69. The minimum Gasteiger partial charge on any atom is -0.312 e. The van der Waals surface area contributed by atoms with Gasteiger partial charge in [-0.15, -0.1) is 0 Å². The molecule has 1 unspecified atom stereocenters. The summed E-state index contributed by atoms with van der Waals surface area (Å²) in [6.07, 6.45) is 1.69. The van der Waals surface area contributed by atoms with Gasteiger partial charge in [-0.05, 0) is 17.7 Å². The average molecular weight is 222 g/mol. The first-order chi connectivity index (χ1) is 7.22. The van der Waals surface area contributed by atoms with E-state index in [2.05, 4.69) is 11.4 Å². The second-order valence-corrected chi connectivity index (χ2v) is 4.82. The van der Waals surface area contributed by atoms with Crippen LogP contribution in [-0.4, -0.2) is 22.8 Å². The normalized spacial score (nSPS) is 12.0. The molecule has 1 atom stereocenters. The molecule has 4 heteroatoms. The van der Waals surface area contributed by atoms with Gasteiger partial charge in [0.05, 0.1) is 11.6 Å². The van der Waals surface area contributed by atoms with Crippen LogP contribution in [0.2, 0.25) is 0 Å². The summed E-state index contributed by atoms with van der Waals surface area (Å²) in [7, 11) is -0.744. The number of hydrogen-bond donors (Lipinski definition) is 1. The lowest BCUT2D eigenvalue weighted by molar-refractivity contribution is 0.676. The Labute approximate surface area is 92.6 Å². The van der Waals surface area contributed by atoms with Crippen molar-refractivity contribution < 1.29 is 4.21 Å². The van der Waals surface area contributed by atoms with Crippen LogP contribution in [0.3, 0.4) is 0 Å². The van der Waals surface area contributed by atoms with Crippen LogP contribution in [0.5, 0.6) is 0 Å². The third-order valence-electron chi connectivity index (χ3n) is 1.95. The van der Waals surface area contributed by atoms with Crippen molar-refractivity contribution in [3.05, 3.63) is 35.4 Å². The van der Waals surface area contributed by atoms with Crippen molar-refractivity contribution in [1.82, 2.24) is 5.32 Å². The molecule has 0 bridgehead atoms. The topological polar surface area (TPSA) is 52.9 Å². The number of nitrogens with zero attached hydrogens (tertiary/aromatic N) is 1. The van der Waals surface area contributed by atoms with E-state index < -0.39 is 10.8 Å². The fourth-order valence-corrected chi connectivity index (χ4v) is 1.63. The summed E-state index contributed by atoms with van der Waals surface area (Å²) >= 11 is 0. The molecule has 0 heterocycles. The molecule has 0 fully saturated rings. The van der Waals surface area contributed by atoms with E-state index in [-0.39, 0.29) is 0 Å². The summed E-state index contributed by atoms with van der Waals surface area (Å²) in [5.74, 6) is 0.665. The van der Waals surface area contributed by atoms with Crippen molar-refractivity contribution in [2.75, 3.05) is 18.6 Å². The summed E-state index contributed by atoms with van der Waals surface area (Å²) in [5, 5.41) is 11.9. The molecule has 1 aromatic rings. The molecule has 0 aliphatic carbocycles. The number of nitrogens with one attached hydrogen (secondary N) is 1. The number of hydrogen-bond acceptors (Lipinski definition) is 3. The summed E-state index contributed by atoms with van der Waals surface area (Å²) in [5.41, 5.74) is 1.75. The highest BCUT2D eigenvalue weighted by atomic mass is 32.2. The van der Waals surface area contributed by atoms with Crippen LogP contribution in [0.4, 0.5) is 0 Å². The molecule has 0 saturated heterocycles. The van der Waals surface area contributed by atoms with E-state index in [1.807, 2.05) is 18.2 Å². The van der Waals surface area contributed by atoms with E-state index in [0.717, 1.165) is 12.1 Å². The predicted octanol–water partition coefficient (Wildman–Crippen LogP) is 1.03. The lowest BCUT2D eigenvalue weighted by Gasteiger charge is -2.03. The van der Waals surface area contributed by atoms with Crippen molar-refractivity contribution in [1.29, 1.82) is 5.26 Å². The Balaban J connectivity index is 2.38. The van der Waals surface area contributed by atoms with Crippen LogP contribution in [-0.2, 0) is 17.3 Å². The van der Waals surface area contributed by atoms with Gasteiger partial charge >= 0.3 is 0 Å². The van der Waals surface area contributed by atoms with Gasteiger partial charge in [0.25, 0.3) is 0 Å². The van der Waals surface area contributed by atoms with Crippen molar-refractivity contribution in [2.45, 2.75) is 6.54 Å². The van der Waals surface area contributed by atoms with Crippen molar-refractivity contribution >= 4 is 10.8 Å². The largest absolute Gasteiger partial charge is 0.312 e. The maximum atomic E-state index is 10.8. The molecule has 1 N–H and O–H groups in total. The fraction of sp³-hybridized carbons (Fsp3) is 0.364. The Morgan fingerprint density at radius 2 is 2.33 bits per heavy atom. The number of nitriles is 1. The van der Waals surface area contributed by atoms with E-state index in [4.69, 9.17) is 5.26 Å². The molecule has 0 spiro atoms. The molecule has 15 heavy (non-hydrogen) atoms. The highest BCUT2D eigenvalue weighted by molar-refractivity contribution is 7.84. The third-order valence-corrected chi connectivity index (χ3v) is 2.73. The van der Waals surface area contributed by atoms with Crippen molar-refractivity contribution in [2.24, 2.45) is 0 Å². The van der Waals surface area contributed by atoms with E-state index in [0.29, 0.717) is 17.9 Å². The first kappa shape index (κ1) is 11.9. The van der Waals surface area contributed by atoms with E-state index >= 15 is 0 Å². The molecule has 0 aromatic heterocycles. The Morgan fingerprint density at radius 1 is 1.53 bits per heavy atom.